The molecule has 1 fully saturated rings. The van der Waals surface area contributed by atoms with Crippen molar-refractivity contribution in [3.63, 3.8) is 0 Å². The van der Waals surface area contributed by atoms with Crippen LogP contribution in [0.15, 0.2) is 0 Å². The van der Waals surface area contributed by atoms with Gasteiger partial charge in [0.1, 0.15) is 0 Å². The quantitative estimate of drug-likeness (QED) is 0.749. The van der Waals surface area contributed by atoms with Crippen LogP contribution >= 0.6 is 0 Å². The minimum atomic E-state index is -0.249. The first-order valence-electron chi connectivity index (χ1n) is 6.76. The minimum absolute atomic E-state index is 0.135. The highest BCUT2D eigenvalue weighted by atomic mass is 16.1. The summed E-state index contributed by atoms with van der Waals surface area (Å²) in [5.74, 6) is 0.921. The molecule has 3 heteroatoms. The van der Waals surface area contributed by atoms with Crippen molar-refractivity contribution >= 4 is 5.91 Å². The molecule has 1 aliphatic carbocycles. The van der Waals surface area contributed by atoms with Crippen LogP contribution in [-0.2, 0) is 4.79 Å². The number of carbonyl (C=O) groups is 1. The normalized spacial score (nSPS) is 17.7. The second-order valence-corrected chi connectivity index (χ2v) is 6.88. The lowest BCUT2D eigenvalue weighted by atomic mass is 9.67. The Morgan fingerprint density at radius 3 is 2.29 bits per heavy atom. The fraction of sp³-hybridized carbons (Fsp3) is 0.929. The summed E-state index contributed by atoms with van der Waals surface area (Å²) in [6.07, 6.45) is 5.26. The van der Waals surface area contributed by atoms with Gasteiger partial charge in [-0.25, -0.2) is 0 Å². The van der Waals surface area contributed by atoms with Gasteiger partial charge >= 0.3 is 0 Å². The molecule has 0 aromatic rings. The van der Waals surface area contributed by atoms with Gasteiger partial charge in [-0.1, -0.05) is 20.3 Å². The lowest BCUT2D eigenvalue weighted by Gasteiger charge is -2.40. The molecule has 0 unspecified atom stereocenters. The van der Waals surface area contributed by atoms with Crippen molar-refractivity contribution in [2.75, 3.05) is 6.54 Å². The van der Waals surface area contributed by atoms with Crippen molar-refractivity contribution in [2.24, 2.45) is 17.1 Å². The first-order valence-corrected chi connectivity index (χ1v) is 6.76. The summed E-state index contributed by atoms with van der Waals surface area (Å²) in [5.41, 5.74) is 5.86. The van der Waals surface area contributed by atoms with Crippen molar-refractivity contribution in [1.82, 2.24) is 5.32 Å². The molecule has 1 aliphatic rings. The molecule has 100 valence electrons. The third kappa shape index (κ3) is 5.07. The van der Waals surface area contributed by atoms with Gasteiger partial charge in [0, 0.05) is 18.5 Å². The van der Waals surface area contributed by atoms with E-state index in [0.29, 0.717) is 6.42 Å². The van der Waals surface area contributed by atoms with Crippen LogP contribution in [0, 0.1) is 11.3 Å². The first-order chi connectivity index (χ1) is 7.71. The Balaban J connectivity index is 2.23. The number of carbonyl (C=O) groups excluding carboxylic acids is 1. The van der Waals surface area contributed by atoms with Crippen molar-refractivity contribution in [3.8, 4) is 0 Å². The molecule has 0 spiro atoms. The van der Waals surface area contributed by atoms with Crippen LogP contribution in [0.5, 0.6) is 0 Å². The van der Waals surface area contributed by atoms with Crippen LogP contribution < -0.4 is 11.1 Å². The van der Waals surface area contributed by atoms with Crippen LogP contribution in [0.3, 0.4) is 0 Å². The fourth-order valence-corrected chi connectivity index (χ4v) is 2.18. The summed E-state index contributed by atoms with van der Waals surface area (Å²) in [6.45, 7) is 9.21. The zero-order chi connectivity index (χ0) is 13.1. The van der Waals surface area contributed by atoms with Gasteiger partial charge in [-0.3, -0.25) is 4.79 Å². The van der Waals surface area contributed by atoms with E-state index in [2.05, 4.69) is 19.2 Å². The molecule has 0 saturated heterocycles. The molecule has 1 rings (SSSR count). The molecule has 0 aromatic heterocycles. The summed E-state index contributed by atoms with van der Waals surface area (Å²) in [4.78, 5) is 11.7. The van der Waals surface area contributed by atoms with Crippen LogP contribution in [0.4, 0.5) is 0 Å². The molecule has 3 N–H and O–H groups in total. The Kier molecular flexibility index (Phi) is 4.59. The summed E-state index contributed by atoms with van der Waals surface area (Å²) in [5, 5.41) is 3.05. The maximum atomic E-state index is 11.7. The zero-order valence-corrected chi connectivity index (χ0v) is 11.8. The van der Waals surface area contributed by atoms with E-state index in [-0.39, 0.29) is 16.9 Å². The summed E-state index contributed by atoms with van der Waals surface area (Å²) in [6, 6.07) is 0. The highest BCUT2D eigenvalue weighted by molar-refractivity contribution is 5.75. The number of rotatable bonds is 6. The maximum Gasteiger partial charge on any atom is 0.220 e. The van der Waals surface area contributed by atoms with E-state index in [0.717, 1.165) is 18.9 Å². The molecule has 0 radical (unpaired) electrons. The van der Waals surface area contributed by atoms with Gasteiger partial charge in [0.15, 0.2) is 0 Å². The zero-order valence-electron chi connectivity index (χ0n) is 11.8. The van der Waals surface area contributed by atoms with Crippen molar-refractivity contribution in [1.29, 1.82) is 0 Å². The van der Waals surface area contributed by atoms with Gasteiger partial charge in [0.2, 0.25) is 5.91 Å². The van der Waals surface area contributed by atoms with Gasteiger partial charge in [-0.2, -0.15) is 0 Å². The van der Waals surface area contributed by atoms with Crippen LogP contribution in [0.1, 0.15) is 59.8 Å². The molecule has 3 nitrogen and oxygen atoms in total. The average Bonchev–Trinajstić information content (AvgIpc) is 2.06. The second kappa shape index (κ2) is 5.38. The van der Waals surface area contributed by atoms with E-state index in [9.17, 15) is 4.79 Å². The standard InChI is InChI=1S/C14H28N2O/c1-13(2,11-6-5-7-11)10-16-12(17)8-9-14(3,4)15/h11H,5-10,15H2,1-4H3,(H,16,17). The van der Waals surface area contributed by atoms with Gasteiger partial charge in [0.25, 0.3) is 0 Å². The smallest absolute Gasteiger partial charge is 0.220 e. The summed E-state index contributed by atoms with van der Waals surface area (Å²) >= 11 is 0. The Hall–Kier alpha value is -0.570. The summed E-state index contributed by atoms with van der Waals surface area (Å²) < 4.78 is 0. The predicted molar refractivity (Wildman–Crippen MR) is 71.6 cm³/mol. The topological polar surface area (TPSA) is 55.1 Å². The fourth-order valence-electron chi connectivity index (χ4n) is 2.18. The Labute approximate surface area is 106 Å². The van der Waals surface area contributed by atoms with Gasteiger partial charge in [0.05, 0.1) is 0 Å². The largest absolute Gasteiger partial charge is 0.356 e. The van der Waals surface area contributed by atoms with E-state index in [1.165, 1.54) is 19.3 Å². The van der Waals surface area contributed by atoms with Crippen LogP contribution in [-0.4, -0.2) is 18.0 Å². The van der Waals surface area contributed by atoms with Crippen molar-refractivity contribution in [2.45, 2.75) is 65.3 Å². The monoisotopic (exact) mass is 240 g/mol. The average molecular weight is 240 g/mol. The number of hydrogen-bond donors (Lipinski definition) is 2. The molecule has 0 atom stereocenters. The molecular formula is C14H28N2O. The first kappa shape index (κ1) is 14.5. The highest BCUT2D eigenvalue weighted by Crippen LogP contribution is 2.41. The van der Waals surface area contributed by atoms with E-state index in [1.54, 1.807) is 0 Å². The molecule has 1 amide bonds. The maximum absolute atomic E-state index is 11.7. The Morgan fingerprint density at radius 1 is 1.29 bits per heavy atom. The minimum Gasteiger partial charge on any atom is -0.356 e. The molecule has 0 aromatic carbocycles. The van der Waals surface area contributed by atoms with Gasteiger partial charge < -0.3 is 11.1 Å². The van der Waals surface area contributed by atoms with Crippen LogP contribution in [0.25, 0.3) is 0 Å². The molecule has 0 bridgehead atoms. The predicted octanol–water partition coefficient (Wildman–Crippen LogP) is 2.45. The molecule has 0 aliphatic heterocycles. The molecule has 1 saturated carbocycles. The van der Waals surface area contributed by atoms with Gasteiger partial charge in [-0.15, -0.1) is 0 Å². The third-order valence-corrected chi connectivity index (χ3v) is 3.95. The lowest BCUT2D eigenvalue weighted by molar-refractivity contribution is -0.122. The van der Waals surface area contributed by atoms with E-state index in [1.807, 2.05) is 13.8 Å². The van der Waals surface area contributed by atoms with Gasteiger partial charge in [-0.05, 0) is 44.4 Å². The number of hydrogen-bond acceptors (Lipinski definition) is 2. The van der Waals surface area contributed by atoms with Crippen LogP contribution in [0.2, 0.25) is 0 Å². The molecule has 17 heavy (non-hydrogen) atoms. The SMILES string of the molecule is CC(C)(N)CCC(=O)NCC(C)(C)C1CCC1. The highest BCUT2D eigenvalue weighted by Gasteiger charge is 2.33. The Bertz CT molecular complexity index is 262. The Morgan fingerprint density at radius 2 is 1.88 bits per heavy atom. The summed E-state index contributed by atoms with van der Waals surface area (Å²) in [7, 11) is 0. The van der Waals surface area contributed by atoms with Crippen molar-refractivity contribution in [3.05, 3.63) is 0 Å². The third-order valence-electron chi connectivity index (χ3n) is 3.95. The van der Waals surface area contributed by atoms with E-state index >= 15 is 0 Å². The molecule has 0 heterocycles. The number of nitrogens with one attached hydrogen (secondary N) is 1. The van der Waals surface area contributed by atoms with Crippen molar-refractivity contribution < 1.29 is 4.79 Å². The molecular weight excluding hydrogens is 212 g/mol. The number of amides is 1. The lowest BCUT2D eigenvalue weighted by Crippen LogP contribution is -2.41. The van der Waals surface area contributed by atoms with E-state index in [4.69, 9.17) is 5.73 Å². The number of nitrogens with two attached hydrogens (primary N) is 1. The second-order valence-electron chi connectivity index (χ2n) is 6.88. The van der Waals surface area contributed by atoms with E-state index < -0.39 is 0 Å².